The second kappa shape index (κ2) is 5.53. The SMILES string of the molecule is COc1cc2c(cc1O)CCCN1CCC3=CC[C@H](OC)C[C@]321. The second-order valence-corrected chi connectivity index (χ2v) is 6.91. The van der Waals surface area contributed by atoms with Gasteiger partial charge >= 0.3 is 0 Å². The molecule has 3 aliphatic rings. The van der Waals surface area contributed by atoms with Gasteiger partial charge in [0, 0.05) is 20.1 Å². The normalized spacial score (nSPS) is 30.0. The maximum atomic E-state index is 10.2. The predicted molar refractivity (Wildman–Crippen MR) is 89.0 cm³/mol. The molecule has 1 saturated heterocycles. The van der Waals surface area contributed by atoms with E-state index in [1.807, 2.05) is 13.2 Å². The van der Waals surface area contributed by atoms with Crippen LogP contribution >= 0.6 is 0 Å². The van der Waals surface area contributed by atoms with E-state index in [1.54, 1.807) is 7.11 Å². The van der Waals surface area contributed by atoms with Crippen LogP contribution in [0.4, 0.5) is 0 Å². The van der Waals surface area contributed by atoms with Gasteiger partial charge in [0.15, 0.2) is 11.5 Å². The lowest BCUT2D eigenvalue weighted by Crippen LogP contribution is -2.46. The van der Waals surface area contributed by atoms with Crippen molar-refractivity contribution in [3.63, 3.8) is 0 Å². The molecule has 2 heterocycles. The molecular formula is C19H25NO3. The molecule has 0 saturated carbocycles. The highest BCUT2D eigenvalue weighted by atomic mass is 16.5. The Morgan fingerprint density at radius 3 is 2.87 bits per heavy atom. The summed E-state index contributed by atoms with van der Waals surface area (Å²) in [7, 11) is 3.44. The van der Waals surface area contributed by atoms with Crippen LogP contribution in [0.15, 0.2) is 23.8 Å². The summed E-state index contributed by atoms with van der Waals surface area (Å²) in [5, 5.41) is 10.2. The number of phenols is 1. The Labute approximate surface area is 137 Å². The van der Waals surface area contributed by atoms with Crippen LogP contribution in [0.25, 0.3) is 0 Å². The molecule has 2 atom stereocenters. The van der Waals surface area contributed by atoms with Crippen molar-refractivity contribution in [3.8, 4) is 11.5 Å². The minimum absolute atomic E-state index is 0.0638. The highest BCUT2D eigenvalue weighted by Gasteiger charge is 2.51. The maximum Gasteiger partial charge on any atom is 0.160 e. The number of fused-ring (bicyclic) bond motifs is 1. The number of aromatic hydroxyl groups is 1. The van der Waals surface area contributed by atoms with E-state index in [0.717, 1.165) is 45.2 Å². The Balaban J connectivity index is 1.93. The molecule has 0 unspecified atom stereocenters. The van der Waals surface area contributed by atoms with Gasteiger partial charge in [0.2, 0.25) is 0 Å². The van der Waals surface area contributed by atoms with Gasteiger partial charge in [0.05, 0.1) is 18.8 Å². The summed E-state index contributed by atoms with van der Waals surface area (Å²) < 4.78 is 11.1. The Kier molecular flexibility index (Phi) is 3.62. The largest absolute Gasteiger partial charge is 0.504 e. The summed E-state index contributed by atoms with van der Waals surface area (Å²) in [6.07, 6.45) is 7.93. The van der Waals surface area contributed by atoms with E-state index in [4.69, 9.17) is 9.47 Å². The zero-order chi connectivity index (χ0) is 16.0. The molecule has 4 nitrogen and oxygen atoms in total. The van der Waals surface area contributed by atoms with Gasteiger partial charge in [-0.05, 0) is 61.1 Å². The summed E-state index contributed by atoms with van der Waals surface area (Å²) >= 11 is 0. The molecule has 1 fully saturated rings. The maximum absolute atomic E-state index is 10.2. The smallest absolute Gasteiger partial charge is 0.160 e. The summed E-state index contributed by atoms with van der Waals surface area (Å²) in [5.41, 5.74) is 4.04. The summed E-state index contributed by atoms with van der Waals surface area (Å²) in [6.45, 7) is 2.22. The first kappa shape index (κ1) is 15.0. The predicted octanol–water partition coefficient (Wildman–Crippen LogP) is 2.98. The lowest BCUT2D eigenvalue weighted by molar-refractivity contribution is 0.0346. The van der Waals surface area contributed by atoms with Crippen LogP contribution in [0.1, 0.15) is 36.8 Å². The van der Waals surface area contributed by atoms with Crippen LogP contribution in [-0.4, -0.2) is 43.4 Å². The van der Waals surface area contributed by atoms with Gasteiger partial charge in [-0.2, -0.15) is 0 Å². The second-order valence-electron chi connectivity index (χ2n) is 6.91. The van der Waals surface area contributed by atoms with Crippen molar-refractivity contribution in [2.45, 2.75) is 43.7 Å². The molecule has 0 radical (unpaired) electrons. The topological polar surface area (TPSA) is 41.9 Å². The highest BCUT2D eigenvalue weighted by molar-refractivity contribution is 5.54. The third kappa shape index (κ3) is 2.12. The number of phenolic OH excluding ortho intramolecular Hbond substituents is 1. The van der Waals surface area contributed by atoms with Crippen LogP contribution in [-0.2, 0) is 16.7 Å². The van der Waals surface area contributed by atoms with E-state index < -0.39 is 0 Å². The van der Waals surface area contributed by atoms with Crippen LogP contribution in [0, 0.1) is 0 Å². The van der Waals surface area contributed by atoms with E-state index in [-0.39, 0.29) is 17.4 Å². The number of nitrogens with zero attached hydrogens (tertiary/aromatic N) is 1. The fourth-order valence-corrected chi connectivity index (χ4v) is 4.84. The van der Waals surface area contributed by atoms with Gasteiger partial charge in [-0.3, -0.25) is 4.90 Å². The first-order valence-electron chi connectivity index (χ1n) is 8.56. The fourth-order valence-electron chi connectivity index (χ4n) is 4.84. The van der Waals surface area contributed by atoms with Gasteiger partial charge < -0.3 is 14.6 Å². The third-order valence-corrected chi connectivity index (χ3v) is 5.93. The number of hydrogen-bond donors (Lipinski definition) is 1. The first-order valence-corrected chi connectivity index (χ1v) is 8.56. The molecule has 0 amide bonds. The minimum atomic E-state index is -0.0638. The summed E-state index contributed by atoms with van der Waals surface area (Å²) in [6, 6.07) is 3.99. The molecule has 23 heavy (non-hydrogen) atoms. The number of benzene rings is 1. The van der Waals surface area contributed by atoms with E-state index >= 15 is 0 Å². The van der Waals surface area contributed by atoms with E-state index in [2.05, 4.69) is 17.0 Å². The standard InChI is InChI=1S/C19H25NO3/c1-22-15-6-5-14-7-9-20-8-3-4-13-10-17(21)18(23-2)11-16(13)19(14,20)12-15/h5,10-11,15,21H,3-4,6-9,12H2,1-2H3/t15-,19-/m0/s1. The monoisotopic (exact) mass is 315 g/mol. The molecule has 0 bridgehead atoms. The van der Waals surface area contributed by atoms with Crippen molar-refractivity contribution in [3.05, 3.63) is 34.9 Å². The van der Waals surface area contributed by atoms with Crippen LogP contribution in [0.2, 0.25) is 0 Å². The number of methoxy groups -OCH3 is 2. The number of aryl methyl sites for hydroxylation is 1. The summed E-state index contributed by atoms with van der Waals surface area (Å²) in [4.78, 5) is 2.63. The van der Waals surface area contributed by atoms with E-state index in [0.29, 0.717) is 5.75 Å². The number of rotatable bonds is 2. The van der Waals surface area contributed by atoms with Crippen LogP contribution in [0.5, 0.6) is 11.5 Å². The number of ether oxygens (including phenoxy) is 2. The molecule has 1 aromatic carbocycles. The van der Waals surface area contributed by atoms with Crippen molar-refractivity contribution in [2.24, 2.45) is 0 Å². The van der Waals surface area contributed by atoms with E-state index in [9.17, 15) is 5.11 Å². The van der Waals surface area contributed by atoms with Crippen molar-refractivity contribution in [2.75, 3.05) is 27.3 Å². The Hall–Kier alpha value is -1.52. The highest BCUT2D eigenvalue weighted by Crippen LogP contribution is 2.53. The van der Waals surface area contributed by atoms with Gasteiger partial charge in [-0.25, -0.2) is 0 Å². The molecule has 2 aliphatic heterocycles. The third-order valence-electron chi connectivity index (χ3n) is 5.93. The quantitative estimate of drug-likeness (QED) is 0.852. The molecule has 1 N–H and O–H groups in total. The Morgan fingerprint density at radius 2 is 2.09 bits per heavy atom. The number of hydrogen-bond acceptors (Lipinski definition) is 4. The fraction of sp³-hybridized carbons (Fsp3) is 0.579. The molecule has 1 aromatic rings. The lowest BCUT2D eigenvalue weighted by atomic mass is 9.73. The molecule has 0 aromatic heterocycles. The summed E-state index contributed by atoms with van der Waals surface area (Å²) in [5.74, 6) is 0.824. The van der Waals surface area contributed by atoms with Crippen molar-refractivity contribution >= 4 is 0 Å². The molecule has 1 spiro atoms. The van der Waals surface area contributed by atoms with Gasteiger partial charge in [-0.1, -0.05) is 6.08 Å². The van der Waals surface area contributed by atoms with Gasteiger partial charge in [0.25, 0.3) is 0 Å². The molecule has 1 aliphatic carbocycles. The van der Waals surface area contributed by atoms with Crippen LogP contribution in [0.3, 0.4) is 0 Å². The minimum Gasteiger partial charge on any atom is -0.504 e. The van der Waals surface area contributed by atoms with Crippen molar-refractivity contribution in [1.82, 2.24) is 4.90 Å². The van der Waals surface area contributed by atoms with Crippen molar-refractivity contribution < 1.29 is 14.6 Å². The molecule has 4 rings (SSSR count). The lowest BCUT2D eigenvalue weighted by Gasteiger charge is -2.44. The molecule has 124 valence electrons. The Morgan fingerprint density at radius 1 is 1.22 bits per heavy atom. The van der Waals surface area contributed by atoms with Crippen molar-refractivity contribution in [1.29, 1.82) is 0 Å². The van der Waals surface area contributed by atoms with Gasteiger partial charge in [0.1, 0.15) is 0 Å². The van der Waals surface area contributed by atoms with Gasteiger partial charge in [-0.15, -0.1) is 0 Å². The average molecular weight is 315 g/mol. The molecule has 4 heteroatoms. The zero-order valence-corrected chi connectivity index (χ0v) is 14.0. The Bertz CT molecular complexity index is 654. The first-order chi connectivity index (χ1) is 11.2. The zero-order valence-electron chi connectivity index (χ0n) is 14.0. The average Bonchev–Trinajstić information content (AvgIpc) is 2.87. The van der Waals surface area contributed by atoms with E-state index in [1.165, 1.54) is 16.7 Å². The van der Waals surface area contributed by atoms with Crippen LogP contribution < -0.4 is 4.74 Å². The molecular weight excluding hydrogens is 290 g/mol.